The Morgan fingerprint density at radius 1 is 1.21 bits per heavy atom. The van der Waals surface area contributed by atoms with Crippen molar-refractivity contribution >= 4 is 49.6 Å². The quantitative estimate of drug-likeness (QED) is 0.443. The number of anilines is 2. The van der Waals surface area contributed by atoms with Crippen molar-refractivity contribution in [2.75, 3.05) is 18.2 Å². The summed E-state index contributed by atoms with van der Waals surface area (Å²) in [7, 11) is 1.62. The van der Waals surface area contributed by atoms with E-state index in [0.717, 1.165) is 45.8 Å². The van der Waals surface area contributed by atoms with Crippen LogP contribution in [-0.2, 0) is 6.42 Å². The molecule has 0 aliphatic heterocycles. The average molecular weight is 425 g/mol. The molecule has 0 saturated heterocycles. The lowest BCUT2D eigenvalue weighted by Crippen LogP contribution is -2.11. The minimum atomic E-state index is -0.275. The molecule has 0 bridgehead atoms. The van der Waals surface area contributed by atoms with E-state index in [1.165, 1.54) is 22.7 Å². The summed E-state index contributed by atoms with van der Waals surface area (Å²) in [6.45, 7) is 2.11. The number of aromatic nitrogens is 2. The number of carbonyl (C=O) groups is 1. The zero-order valence-corrected chi connectivity index (χ0v) is 17.7. The summed E-state index contributed by atoms with van der Waals surface area (Å²) in [6.07, 6.45) is 1.92. The van der Waals surface area contributed by atoms with Crippen molar-refractivity contribution in [2.45, 2.75) is 19.8 Å². The highest BCUT2D eigenvalue weighted by molar-refractivity contribution is 7.21. The second kappa shape index (κ2) is 8.18. The molecule has 6 nitrogen and oxygen atoms in total. The van der Waals surface area contributed by atoms with Crippen LogP contribution in [0.5, 0.6) is 5.75 Å². The van der Waals surface area contributed by atoms with Gasteiger partial charge in [0, 0.05) is 22.0 Å². The number of thiophene rings is 1. The molecule has 0 spiro atoms. The summed E-state index contributed by atoms with van der Waals surface area (Å²) in [5.74, 6) is 0.460. The standard InChI is InChI=1S/C21H20N4O2S2/c1-3-6-12-9-10-14-17(22)18(29-20(14)23-12)19(26)25-21-24-15(11-28-21)13-7-4-5-8-16(13)27-2/h4-5,7-11H,3,6,22H2,1-2H3,(H,24,25,26). The SMILES string of the molecule is CCCc1ccc2c(N)c(C(=O)Nc3nc(-c4ccccc4OC)cs3)sc2n1. The maximum absolute atomic E-state index is 12.8. The van der Waals surface area contributed by atoms with Crippen molar-refractivity contribution in [1.82, 2.24) is 9.97 Å². The van der Waals surface area contributed by atoms with Gasteiger partial charge in [-0.1, -0.05) is 25.5 Å². The summed E-state index contributed by atoms with van der Waals surface area (Å²) in [5, 5.41) is 6.07. The highest BCUT2D eigenvalue weighted by Crippen LogP contribution is 2.35. The molecular formula is C21H20N4O2S2. The lowest BCUT2D eigenvalue weighted by molar-refractivity contribution is 0.103. The van der Waals surface area contributed by atoms with Gasteiger partial charge in [-0.25, -0.2) is 9.97 Å². The van der Waals surface area contributed by atoms with Crippen LogP contribution in [-0.4, -0.2) is 23.0 Å². The number of ether oxygens (including phenoxy) is 1. The van der Waals surface area contributed by atoms with Crippen LogP contribution in [0.25, 0.3) is 21.5 Å². The molecular weight excluding hydrogens is 404 g/mol. The van der Waals surface area contributed by atoms with Crippen LogP contribution < -0.4 is 15.8 Å². The van der Waals surface area contributed by atoms with E-state index in [9.17, 15) is 4.79 Å². The number of nitrogens with one attached hydrogen (secondary N) is 1. The lowest BCUT2D eigenvalue weighted by atomic mass is 10.1. The summed E-state index contributed by atoms with van der Waals surface area (Å²) in [5.41, 5.74) is 9.32. The highest BCUT2D eigenvalue weighted by Gasteiger charge is 2.19. The molecule has 1 amide bonds. The van der Waals surface area contributed by atoms with Crippen molar-refractivity contribution in [1.29, 1.82) is 0 Å². The molecule has 0 saturated carbocycles. The number of carbonyl (C=O) groups excluding carboxylic acids is 1. The molecule has 3 N–H and O–H groups in total. The number of amides is 1. The van der Waals surface area contributed by atoms with Crippen molar-refractivity contribution in [3.8, 4) is 17.0 Å². The van der Waals surface area contributed by atoms with Crippen LogP contribution in [0.4, 0.5) is 10.8 Å². The zero-order chi connectivity index (χ0) is 20.4. The Hall–Kier alpha value is -2.97. The van der Waals surface area contributed by atoms with Gasteiger partial charge in [0.2, 0.25) is 0 Å². The van der Waals surface area contributed by atoms with Gasteiger partial charge in [0.25, 0.3) is 5.91 Å². The Bertz CT molecular complexity index is 1180. The maximum Gasteiger partial charge on any atom is 0.269 e. The van der Waals surface area contributed by atoms with Crippen LogP contribution in [0, 0.1) is 0 Å². The summed E-state index contributed by atoms with van der Waals surface area (Å²) >= 11 is 2.67. The molecule has 1 aromatic carbocycles. The van der Waals surface area contributed by atoms with Gasteiger partial charge in [-0.05, 0) is 30.7 Å². The second-order valence-corrected chi connectivity index (χ2v) is 8.30. The number of hydrogen-bond acceptors (Lipinski definition) is 7. The number of aryl methyl sites for hydroxylation is 1. The number of hydrogen-bond donors (Lipinski definition) is 2. The Balaban J connectivity index is 1.58. The normalized spacial score (nSPS) is 11.0. The average Bonchev–Trinajstić information content (AvgIpc) is 3.32. The number of fused-ring (bicyclic) bond motifs is 1. The van der Waals surface area contributed by atoms with E-state index in [1.54, 1.807) is 7.11 Å². The minimum Gasteiger partial charge on any atom is -0.496 e. The molecule has 0 aliphatic rings. The molecule has 0 aliphatic carbocycles. The number of methoxy groups -OCH3 is 1. The minimum absolute atomic E-state index is 0.275. The van der Waals surface area contributed by atoms with Gasteiger partial charge in [-0.3, -0.25) is 10.1 Å². The fraction of sp³-hybridized carbons (Fsp3) is 0.190. The van der Waals surface area contributed by atoms with Crippen LogP contribution >= 0.6 is 22.7 Å². The van der Waals surface area contributed by atoms with Gasteiger partial charge in [-0.15, -0.1) is 22.7 Å². The van der Waals surface area contributed by atoms with E-state index in [4.69, 9.17) is 10.5 Å². The van der Waals surface area contributed by atoms with Crippen molar-refractivity contribution in [3.63, 3.8) is 0 Å². The predicted octanol–water partition coefficient (Wildman–Crippen LogP) is 5.22. The van der Waals surface area contributed by atoms with Gasteiger partial charge in [0.15, 0.2) is 5.13 Å². The number of nitrogens with two attached hydrogens (primary N) is 1. The summed E-state index contributed by atoms with van der Waals surface area (Å²) in [6, 6.07) is 11.6. The van der Waals surface area contributed by atoms with E-state index in [-0.39, 0.29) is 5.91 Å². The first-order chi connectivity index (χ1) is 14.1. The van der Waals surface area contributed by atoms with Crippen LogP contribution in [0.3, 0.4) is 0 Å². The van der Waals surface area contributed by atoms with Crippen molar-refractivity contribution < 1.29 is 9.53 Å². The number of nitrogens with zero attached hydrogens (tertiary/aromatic N) is 2. The maximum atomic E-state index is 12.8. The van der Waals surface area contributed by atoms with Gasteiger partial charge >= 0.3 is 0 Å². The molecule has 0 unspecified atom stereocenters. The molecule has 0 radical (unpaired) electrons. The van der Waals surface area contributed by atoms with Crippen LogP contribution in [0.1, 0.15) is 28.7 Å². The number of nitrogen functional groups attached to an aromatic ring is 1. The molecule has 0 atom stereocenters. The Morgan fingerprint density at radius 2 is 2.03 bits per heavy atom. The van der Waals surface area contributed by atoms with Crippen molar-refractivity contribution in [2.24, 2.45) is 0 Å². The molecule has 29 heavy (non-hydrogen) atoms. The third-order valence-corrected chi connectivity index (χ3v) is 6.34. The van der Waals surface area contributed by atoms with Crippen molar-refractivity contribution in [3.05, 3.63) is 52.3 Å². The molecule has 8 heteroatoms. The topological polar surface area (TPSA) is 90.1 Å². The summed E-state index contributed by atoms with van der Waals surface area (Å²) < 4.78 is 5.39. The number of pyridine rings is 1. The fourth-order valence-corrected chi connectivity index (χ4v) is 4.78. The molecule has 4 rings (SSSR count). The molecule has 3 aromatic heterocycles. The van der Waals surface area contributed by atoms with Gasteiger partial charge < -0.3 is 10.5 Å². The monoisotopic (exact) mass is 424 g/mol. The summed E-state index contributed by atoms with van der Waals surface area (Å²) in [4.78, 5) is 23.2. The van der Waals surface area contributed by atoms with E-state index < -0.39 is 0 Å². The Kier molecular flexibility index (Phi) is 5.46. The van der Waals surface area contributed by atoms with Gasteiger partial charge in [0.05, 0.1) is 18.5 Å². The Labute approximate surface area is 176 Å². The second-order valence-electron chi connectivity index (χ2n) is 6.44. The highest BCUT2D eigenvalue weighted by atomic mass is 32.1. The van der Waals surface area contributed by atoms with E-state index in [1.807, 2.05) is 41.8 Å². The smallest absolute Gasteiger partial charge is 0.269 e. The van der Waals surface area contributed by atoms with Crippen LogP contribution in [0.2, 0.25) is 0 Å². The number of benzene rings is 1. The van der Waals surface area contributed by atoms with E-state index in [2.05, 4.69) is 22.2 Å². The third-order valence-electron chi connectivity index (χ3n) is 4.47. The molecule has 148 valence electrons. The third kappa shape index (κ3) is 3.81. The first kappa shape index (κ1) is 19.4. The first-order valence-corrected chi connectivity index (χ1v) is 10.9. The Morgan fingerprint density at radius 3 is 2.83 bits per heavy atom. The predicted molar refractivity (Wildman–Crippen MR) is 120 cm³/mol. The number of rotatable bonds is 6. The largest absolute Gasteiger partial charge is 0.496 e. The van der Waals surface area contributed by atoms with Crippen LogP contribution in [0.15, 0.2) is 41.8 Å². The molecule has 4 aromatic rings. The van der Waals surface area contributed by atoms with Gasteiger partial charge in [0.1, 0.15) is 15.5 Å². The number of para-hydroxylation sites is 1. The first-order valence-electron chi connectivity index (χ1n) is 9.19. The molecule has 3 heterocycles. The fourth-order valence-electron chi connectivity index (χ4n) is 3.06. The lowest BCUT2D eigenvalue weighted by Gasteiger charge is -2.05. The molecule has 0 fully saturated rings. The number of thiazole rings is 1. The van der Waals surface area contributed by atoms with E-state index >= 15 is 0 Å². The zero-order valence-electron chi connectivity index (χ0n) is 16.1. The van der Waals surface area contributed by atoms with Gasteiger partial charge in [-0.2, -0.15) is 0 Å². The van der Waals surface area contributed by atoms with E-state index in [0.29, 0.717) is 15.7 Å².